The molecule has 0 aromatic heterocycles. The number of nitrogens with one attached hydrogen (secondary N) is 1. The van der Waals surface area contributed by atoms with Gasteiger partial charge < -0.3 is 19.7 Å². The molecule has 0 saturated carbocycles. The van der Waals surface area contributed by atoms with Crippen molar-refractivity contribution in [3.05, 3.63) is 54.1 Å². The Morgan fingerprint density at radius 3 is 2.68 bits per heavy atom. The van der Waals surface area contributed by atoms with Crippen LogP contribution in [0.15, 0.2) is 48.5 Å². The van der Waals surface area contributed by atoms with Gasteiger partial charge >= 0.3 is 0 Å². The molecule has 7 heteroatoms. The molecule has 2 rings (SSSR count). The summed E-state index contributed by atoms with van der Waals surface area (Å²) < 4.78 is 10.7. The van der Waals surface area contributed by atoms with Gasteiger partial charge in [-0.15, -0.1) is 0 Å². The molecular formula is C21H23N3O4. The zero-order valence-electron chi connectivity index (χ0n) is 16.0. The molecule has 2 aromatic rings. The fourth-order valence-electron chi connectivity index (χ4n) is 2.56. The molecule has 0 aliphatic heterocycles. The van der Waals surface area contributed by atoms with E-state index in [2.05, 4.69) is 5.32 Å². The van der Waals surface area contributed by atoms with E-state index in [0.29, 0.717) is 35.7 Å². The van der Waals surface area contributed by atoms with Crippen molar-refractivity contribution >= 4 is 17.5 Å². The average Bonchev–Trinajstić information content (AvgIpc) is 2.72. The molecule has 0 radical (unpaired) electrons. The van der Waals surface area contributed by atoms with Gasteiger partial charge in [-0.3, -0.25) is 9.59 Å². The normalized spacial score (nSPS) is 9.89. The molecule has 0 atom stereocenters. The average molecular weight is 381 g/mol. The first-order valence-electron chi connectivity index (χ1n) is 8.91. The van der Waals surface area contributed by atoms with Gasteiger partial charge in [-0.25, -0.2) is 0 Å². The molecule has 7 nitrogen and oxygen atoms in total. The highest BCUT2D eigenvalue weighted by Crippen LogP contribution is 2.22. The van der Waals surface area contributed by atoms with Gasteiger partial charge in [-0.1, -0.05) is 25.1 Å². The molecule has 2 amide bonds. The van der Waals surface area contributed by atoms with Crippen molar-refractivity contribution in [3.63, 3.8) is 0 Å². The minimum atomic E-state index is -0.322. The minimum absolute atomic E-state index is 0.0910. The summed E-state index contributed by atoms with van der Waals surface area (Å²) in [5.41, 5.74) is 0.995. The van der Waals surface area contributed by atoms with E-state index in [1.54, 1.807) is 48.5 Å². The number of benzene rings is 2. The Labute approximate surface area is 164 Å². The van der Waals surface area contributed by atoms with Crippen molar-refractivity contribution in [3.8, 4) is 17.6 Å². The molecule has 146 valence electrons. The molecule has 0 unspecified atom stereocenters. The van der Waals surface area contributed by atoms with Crippen LogP contribution in [0.3, 0.4) is 0 Å². The van der Waals surface area contributed by atoms with Crippen molar-refractivity contribution in [2.45, 2.75) is 13.3 Å². The third kappa shape index (κ3) is 6.02. The topological polar surface area (TPSA) is 91.7 Å². The number of ether oxygens (including phenoxy) is 2. The lowest BCUT2D eigenvalue weighted by Gasteiger charge is -2.22. The van der Waals surface area contributed by atoms with Gasteiger partial charge in [-0.05, 0) is 36.8 Å². The third-order valence-electron chi connectivity index (χ3n) is 3.89. The van der Waals surface area contributed by atoms with Crippen molar-refractivity contribution in [2.75, 3.05) is 32.1 Å². The van der Waals surface area contributed by atoms with E-state index in [-0.39, 0.29) is 25.0 Å². The zero-order valence-corrected chi connectivity index (χ0v) is 16.0. The Hall–Kier alpha value is -3.53. The van der Waals surface area contributed by atoms with E-state index < -0.39 is 0 Å². The number of hydrogen-bond donors (Lipinski definition) is 1. The number of carbonyl (C=O) groups is 2. The number of anilines is 1. The van der Waals surface area contributed by atoms with Crippen LogP contribution in [-0.4, -0.2) is 43.5 Å². The van der Waals surface area contributed by atoms with Crippen LogP contribution >= 0.6 is 0 Å². The van der Waals surface area contributed by atoms with Gasteiger partial charge in [0.1, 0.15) is 11.5 Å². The second kappa shape index (κ2) is 10.6. The smallest absolute Gasteiger partial charge is 0.260 e. The SMILES string of the molecule is CCCN(CC(=O)Nc1ccccc1OC)C(=O)COc1cccc(C#N)c1. The number of rotatable bonds is 9. The monoisotopic (exact) mass is 381 g/mol. The standard InChI is InChI=1S/C21H23N3O4/c1-3-11-24(14-20(25)23-18-9-4-5-10-19(18)27-2)21(26)15-28-17-8-6-7-16(12-17)13-22/h4-10,12H,3,11,14-15H2,1-2H3,(H,23,25). The van der Waals surface area contributed by atoms with Crippen LogP contribution in [-0.2, 0) is 9.59 Å². The minimum Gasteiger partial charge on any atom is -0.495 e. The van der Waals surface area contributed by atoms with Crippen LogP contribution in [0.5, 0.6) is 11.5 Å². The van der Waals surface area contributed by atoms with Gasteiger partial charge in [-0.2, -0.15) is 5.26 Å². The van der Waals surface area contributed by atoms with Crippen molar-refractivity contribution in [1.82, 2.24) is 4.90 Å². The summed E-state index contributed by atoms with van der Waals surface area (Å²) in [6.07, 6.45) is 0.706. The first-order valence-corrected chi connectivity index (χ1v) is 8.91. The molecule has 0 bridgehead atoms. The number of hydrogen-bond acceptors (Lipinski definition) is 5. The second-order valence-corrected chi connectivity index (χ2v) is 5.99. The van der Waals surface area contributed by atoms with Crippen LogP contribution in [0.1, 0.15) is 18.9 Å². The van der Waals surface area contributed by atoms with Crippen molar-refractivity contribution < 1.29 is 19.1 Å². The molecule has 0 aliphatic carbocycles. The second-order valence-electron chi connectivity index (χ2n) is 5.99. The number of para-hydroxylation sites is 2. The maximum atomic E-state index is 12.5. The third-order valence-corrected chi connectivity index (χ3v) is 3.89. The lowest BCUT2D eigenvalue weighted by atomic mass is 10.2. The van der Waals surface area contributed by atoms with Crippen LogP contribution in [0.4, 0.5) is 5.69 Å². The molecule has 0 heterocycles. The van der Waals surface area contributed by atoms with E-state index in [4.69, 9.17) is 14.7 Å². The molecule has 28 heavy (non-hydrogen) atoms. The van der Waals surface area contributed by atoms with Gasteiger partial charge in [0.05, 0.1) is 31.0 Å². The lowest BCUT2D eigenvalue weighted by molar-refractivity contribution is -0.136. The summed E-state index contributed by atoms with van der Waals surface area (Å²) in [7, 11) is 1.52. The Balaban J connectivity index is 1.96. The summed E-state index contributed by atoms with van der Waals surface area (Å²) in [4.78, 5) is 26.3. The van der Waals surface area contributed by atoms with E-state index >= 15 is 0 Å². The predicted molar refractivity (Wildman–Crippen MR) is 105 cm³/mol. The Kier molecular flexibility index (Phi) is 7.85. The van der Waals surface area contributed by atoms with Crippen molar-refractivity contribution in [1.29, 1.82) is 5.26 Å². The molecule has 0 saturated heterocycles. The van der Waals surface area contributed by atoms with E-state index in [9.17, 15) is 9.59 Å². The molecule has 0 aliphatic rings. The maximum absolute atomic E-state index is 12.5. The molecule has 2 aromatic carbocycles. The zero-order chi connectivity index (χ0) is 20.4. The highest BCUT2D eigenvalue weighted by Gasteiger charge is 2.18. The van der Waals surface area contributed by atoms with Crippen molar-refractivity contribution in [2.24, 2.45) is 0 Å². The quantitative estimate of drug-likeness (QED) is 0.721. The van der Waals surface area contributed by atoms with Crippen LogP contribution in [0.2, 0.25) is 0 Å². The molecule has 0 spiro atoms. The highest BCUT2D eigenvalue weighted by molar-refractivity contribution is 5.95. The highest BCUT2D eigenvalue weighted by atomic mass is 16.5. The van der Waals surface area contributed by atoms with Gasteiger partial charge in [0.25, 0.3) is 5.91 Å². The molecule has 1 N–H and O–H groups in total. The summed E-state index contributed by atoms with van der Waals surface area (Å²) >= 11 is 0. The number of nitriles is 1. The van der Waals surface area contributed by atoms with Crippen LogP contribution < -0.4 is 14.8 Å². The van der Waals surface area contributed by atoms with Crippen LogP contribution in [0.25, 0.3) is 0 Å². The summed E-state index contributed by atoms with van der Waals surface area (Å²) in [6.45, 7) is 2.05. The fourth-order valence-corrected chi connectivity index (χ4v) is 2.56. The molecular weight excluding hydrogens is 358 g/mol. The number of nitrogens with zero attached hydrogens (tertiary/aromatic N) is 2. The Bertz CT molecular complexity index is 861. The largest absolute Gasteiger partial charge is 0.495 e. The van der Waals surface area contributed by atoms with E-state index in [1.165, 1.54) is 12.0 Å². The number of carbonyl (C=O) groups excluding carboxylic acids is 2. The Morgan fingerprint density at radius 1 is 1.18 bits per heavy atom. The molecule has 0 fully saturated rings. The van der Waals surface area contributed by atoms with E-state index in [1.807, 2.05) is 13.0 Å². The lowest BCUT2D eigenvalue weighted by Crippen LogP contribution is -2.41. The van der Waals surface area contributed by atoms with Gasteiger partial charge in [0, 0.05) is 6.54 Å². The summed E-state index contributed by atoms with van der Waals surface area (Å²) in [5, 5.41) is 11.7. The maximum Gasteiger partial charge on any atom is 0.260 e. The number of amides is 2. The van der Waals surface area contributed by atoms with Gasteiger partial charge in [0.2, 0.25) is 5.91 Å². The first-order chi connectivity index (χ1) is 13.6. The number of methoxy groups -OCH3 is 1. The summed E-state index contributed by atoms with van der Waals surface area (Å²) in [6, 6.07) is 15.7. The van der Waals surface area contributed by atoms with Gasteiger partial charge in [0.15, 0.2) is 6.61 Å². The predicted octanol–water partition coefficient (Wildman–Crippen LogP) is 2.82. The fraction of sp³-hybridized carbons (Fsp3) is 0.286. The van der Waals surface area contributed by atoms with E-state index in [0.717, 1.165) is 0 Å². The summed E-state index contributed by atoms with van der Waals surface area (Å²) in [5.74, 6) is 0.351. The van der Waals surface area contributed by atoms with Crippen LogP contribution in [0, 0.1) is 11.3 Å². The Morgan fingerprint density at radius 2 is 1.96 bits per heavy atom. The first kappa shape index (κ1) is 20.8.